The number of fused-ring (bicyclic) bond motifs is 1. The predicted molar refractivity (Wildman–Crippen MR) is 97.0 cm³/mol. The molecule has 0 bridgehead atoms. The second-order valence-electron chi connectivity index (χ2n) is 5.46. The fourth-order valence-corrected chi connectivity index (χ4v) is 2.91. The van der Waals surface area contributed by atoms with Crippen molar-refractivity contribution in [2.75, 3.05) is 6.54 Å². The number of aromatic nitrogens is 1. The lowest BCUT2D eigenvalue weighted by Gasteiger charge is -2.18. The molecule has 5 nitrogen and oxygen atoms in total. The molecule has 0 saturated heterocycles. The zero-order chi connectivity index (χ0) is 17.8. The van der Waals surface area contributed by atoms with Crippen LogP contribution in [0.3, 0.4) is 0 Å². The molecule has 0 spiro atoms. The maximum absolute atomic E-state index is 13.1. The molecule has 0 aliphatic heterocycles. The number of carboxylic acid groups (broad SMARTS) is 1. The molecule has 0 radical (unpaired) electrons. The molecule has 0 atom stereocenters. The summed E-state index contributed by atoms with van der Waals surface area (Å²) in [4.78, 5) is 25.0. The minimum atomic E-state index is -1.08. The number of terminal acetylenes is 1. The van der Waals surface area contributed by atoms with Crippen LogP contribution < -0.4 is 10.9 Å². The Labute approximate surface area is 144 Å². The van der Waals surface area contributed by atoms with Gasteiger partial charge in [0.15, 0.2) is 0 Å². The van der Waals surface area contributed by atoms with E-state index >= 15 is 0 Å². The van der Waals surface area contributed by atoms with E-state index < -0.39 is 5.97 Å². The molecule has 0 unspecified atom stereocenters. The first-order valence-corrected chi connectivity index (χ1v) is 7.74. The maximum atomic E-state index is 13.1. The van der Waals surface area contributed by atoms with Gasteiger partial charge in [-0.05, 0) is 18.2 Å². The van der Waals surface area contributed by atoms with Crippen molar-refractivity contribution in [3.05, 3.63) is 76.2 Å². The zero-order valence-electron chi connectivity index (χ0n) is 13.4. The van der Waals surface area contributed by atoms with Crippen LogP contribution in [-0.2, 0) is 6.54 Å². The third kappa shape index (κ3) is 3.03. The SMILES string of the molecule is C#CCNCc1c(C(=O)O)c2ccccc2c(=O)n1-c1ccccc1. The van der Waals surface area contributed by atoms with Crippen molar-refractivity contribution in [1.29, 1.82) is 0 Å². The Kier molecular flexibility index (Phi) is 4.64. The first kappa shape index (κ1) is 16.5. The van der Waals surface area contributed by atoms with Gasteiger partial charge in [0.2, 0.25) is 0 Å². The molecule has 1 heterocycles. The summed E-state index contributed by atoms with van der Waals surface area (Å²) in [5, 5.41) is 13.6. The van der Waals surface area contributed by atoms with Crippen LogP contribution in [0.4, 0.5) is 0 Å². The molecule has 124 valence electrons. The molecule has 3 rings (SSSR count). The van der Waals surface area contributed by atoms with E-state index in [1.807, 2.05) is 6.07 Å². The van der Waals surface area contributed by atoms with E-state index in [1.165, 1.54) is 4.57 Å². The summed E-state index contributed by atoms with van der Waals surface area (Å²) in [5.41, 5.74) is 0.823. The number of benzene rings is 2. The molecular weight excluding hydrogens is 316 g/mol. The highest BCUT2D eigenvalue weighted by atomic mass is 16.4. The lowest BCUT2D eigenvalue weighted by molar-refractivity contribution is 0.0697. The Balaban J connectivity index is 2.41. The molecule has 0 amide bonds. The molecular formula is C20H16N2O3. The molecule has 1 aromatic heterocycles. The van der Waals surface area contributed by atoms with Crippen LogP contribution in [0.15, 0.2) is 59.4 Å². The summed E-state index contributed by atoms with van der Waals surface area (Å²) < 4.78 is 1.44. The minimum Gasteiger partial charge on any atom is -0.478 e. The Morgan fingerprint density at radius 2 is 1.72 bits per heavy atom. The van der Waals surface area contributed by atoms with Crippen molar-refractivity contribution in [3.63, 3.8) is 0 Å². The van der Waals surface area contributed by atoms with Crippen LogP contribution in [-0.4, -0.2) is 22.2 Å². The van der Waals surface area contributed by atoms with Gasteiger partial charge in [0, 0.05) is 23.0 Å². The van der Waals surface area contributed by atoms with Gasteiger partial charge in [-0.2, -0.15) is 0 Å². The summed E-state index contributed by atoms with van der Waals surface area (Å²) in [6, 6.07) is 15.7. The number of hydrogen-bond donors (Lipinski definition) is 2. The summed E-state index contributed by atoms with van der Waals surface area (Å²) in [6.45, 7) is 0.440. The Hall–Kier alpha value is -3.36. The van der Waals surface area contributed by atoms with Crippen molar-refractivity contribution in [3.8, 4) is 18.0 Å². The number of carboxylic acids is 1. The number of pyridine rings is 1. The van der Waals surface area contributed by atoms with Gasteiger partial charge >= 0.3 is 5.97 Å². The lowest BCUT2D eigenvalue weighted by Crippen LogP contribution is -2.29. The third-order valence-corrected chi connectivity index (χ3v) is 3.94. The molecule has 2 N–H and O–H groups in total. The monoisotopic (exact) mass is 332 g/mol. The Bertz CT molecular complexity index is 1030. The minimum absolute atomic E-state index is 0.101. The highest BCUT2D eigenvalue weighted by molar-refractivity contribution is 6.04. The number of nitrogens with zero attached hydrogens (tertiary/aromatic N) is 1. The fraction of sp³-hybridized carbons (Fsp3) is 0.100. The zero-order valence-corrected chi connectivity index (χ0v) is 13.4. The van der Waals surface area contributed by atoms with E-state index in [1.54, 1.807) is 48.5 Å². The number of aromatic carboxylic acids is 1. The Morgan fingerprint density at radius 3 is 2.36 bits per heavy atom. The van der Waals surface area contributed by atoms with E-state index in [0.29, 0.717) is 22.2 Å². The molecule has 0 fully saturated rings. The first-order valence-electron chi connectivity index (χ1n) is 7.74. The van der Waals surface area contributed by atoms with Gasteiger partial charge in [0.05, 0.1) is 17.8 Å². The van der Waals surface area contributed by atoms with Crippen LogP contribution in [0.1, 0.15) is 16.1 Å². The van der Waals surface area contributed by atoms with Gasteiger partial charge < -0.3 is 10.4 Å². The average molecular weight is 332 g/mol. The largest absolute Gasteiger partial charge is 0.478 e. The van der Waals surface area contributed by atoms with Crippen molar-refractivity contribution < 1.29 is 9.90 Å². The van der Waals surface area contributed by atoms with Crippen LogP contribution in [0.25, 0.3) is 16.5 Å². The molecule has 0 saturated carbocycles. The van der Waals surface area contributed by atoms with Crippen molar-refractivity contribution in [1.82, 2.24) is 9.88 Å². The van der Waals surface area contributed by atoms with E-state index in [9.17, 15) is 14.7 Å². The van der Waals surface area contributed by atoms with E-state index in [0.717, 1.165) is 0 Å². The number of hydrogen-bond acceptors (Lipinski definition) is 3. The van der Waals surface area contributed by atoms with Gasteiger partial charge in [-0.3, -0.25) is 9.36 Å². The first-order chi connectivity index (χ1) is 12.1. The van der Waals surface area contributed by atoms with Crippen LogP contribution in [0, 0.1) is 12.3 Å². The van der Waals surface area contributed by atoms with Gasteiger partial charge in [0.25, 0.3) is 5.56 Å². The van der Waals surface area contributed by atoms with Crippen molar-refractivity contribution in [2.45, 2.75) is 6.54 Å². The molecule has 5 heteroatoms. The highest BCUT2D eigenvalue weighted by Gasteiger charge is 2.21. The van der Waals surface area contributed by atoms with Gasteiger partial charge in [-0.1, -0.05) is 42.3 Å². The van der Waals surface area contributed by atoms with Gasteiger partial charge in [-0.15, -0.1) is 6.42 Å². The molecule has 25 heavy (non-hydrogen) atoms. The quantitative estimate of drug-likeness (QED) is 0.556. The summed E-state index contributed by atoms with van der Waals surface area (Å²) in [7, 11) is 0. The topological polar surface area (TPSA) is 71.3 Å². The van der Waals surface area contributed by atoms with E-state index in [-0.39, 0.29) is 24.2 Å². The van der Waals surface area contributed by atoms with E-state index in [4.69, 9.17) is 6.42 Å². The van der Waals surface area contributed by atoms with Crippen LogP contribution in [0.5, 0.6) is 0 Å². The summed E-state index contributed by atoms with van der Waals surface area (Å²) in [5.74, 6) is 1.37. The molecule has 3 aromatic rings. The fourth-order valence-electron chi connectivity index (χ4n) is 2.91. The second kappa shape index (κ2) is 7.04. The molecule has 0 aliphatic rings. The molecule has 0 aliphatic carbocycles. The van der Waals surface area contributed by atoms with Crippen molar-refractivity contribution in [2.24, 2.45) is 0 Å². The van der Waals surface area contributed by atoms with E-state index in [2.05, 4.69) is 11.2 Å². The average Bonchev–Trinajstić information content (AvgIpc) is 2.62. The third-order valence-electron chi connectivity index (χ3n) is 3.94. The smallest absolute Gasteiger partial charge is 0.338 e. The van der Waals surface area contributed by atoms with Gasteiger partial charge in [0.1, 0.15) is 0 Å². The molecule has 2 aromatic carbocycles. The normalized spacial score (nSPS) is 10.5. The Morgan fingerprint density at radius 1 is 1.08 bits per heavy atom. The van der Waals surface area contributed by atoms with Crippen LogP contribution in [0.2, 0.25) is 0 Å². The van der Waals surface area contributed by atoms with Crippen molar-refractivity contribution >= 4 is 16.7 Å². The second-order valence-corrected chi connectivity index (χ2v) is 5.46. The van der Waals surface area contributed by atoms with Crippen LogP contribution >= 0.6 is 0 Å². The maximum Gasteiger partial charge on any atom is 0.338 e. The highest BCUT2D eigenvalue weighted by Crippen LogP contribution is 2.22. The lowest BCUT2D eigenvalue weighted by atomic mass is 10.0. The summed E-state index contributed by atoms with van der Waals surface area (Å²) in [6.07, 6.45) is 5.26. The van der Waals surface area contributed by atoms with Gasteiger partial charge in [-0.25, -0.2) is 4.79 Å². The number of nitrogens with one attached hydrogen (secondary N) is 1. The predicted octanol–water partition coefficient (Wildman–Crippen LogP) is 2.41. The summed E-state index contributed by atoms with van der Waals surface area (Å²) >= 11 is 0. The number of rotatable bonds is 5. The number of para-hydroxylation sites is 1. The standard InChI is InChI=1S/C20H16N2O3/c1-2-12-21-13-17-18(20(24)25)15-10-6-7-11-16(15)19(23)22(17)14-8-4-3-5-9-14/h1,3-11,21H,12-13H2,(H,24,25). The number of carbonyl (C=O) groups is 1.